The summed E-state index contributed by atoms with van der Waals surface area (Å²) in [6.45, 7) is 7.01. The number of guanidine groups is 1. The normalized spacial score (nSPS) is 21.7. The second-order valence-electron chi connectivity index (χ2n) is 6.55. The molecule has 0 bridgehead atoms. The Hall–Kier alpha value is -1.24. The van der Waals surface area contributed by atoms with Crippen molar-refractivity contribution in [1.29, 1.82) is 0 Å². The summed E-state index contributed by atoms with van der Waals surface area (Å²) in [5, 5.41) is 15.2. The largest absolute Gasteiger partial charge is 0.355 e. The van der Waals surface area contributed by atoms with Gasteiger partial charge in [-0.3, -0.25) is 4.99 Å². The third-order valence-corrected chi connectivity index (χ3v) is 5.17. The Morgan fingerprint density at radius 3 is 2.88 bits per heavy atom. The first-order chi connectivity index (χ1) is 11.7. The fourth-order valence-electron chi connectivity index (χ4n) is 3.03. The topological polar surface area (TPSA) is 67.1 Å². The third-order valence-electron chi connectivity index (χ3n) is 4.58. The molecule has 1 heterocycles. The number of aliphatic imine (C=N–C) groups is 1. The molecule has 24 heavy (non-hydrogen) atoms. The predicted octanol–water partition coefficient (Wildman–Crippen LogP) is 2.32. The fraction of sp³-hybridized carbons (Fsp3) is 0.824. The molecular formula is C17H32N6S. The van der Waals surface area contributed by atoms with Crippen molar-refractivity contribution in [2.24, 2.45) is 10.9 Å². The van der Waals surface area contributed by atoms with E-state index < -0.39 is 0 Å². The maximum Gasteiger partial charge on any atom is 0.191 e. The van der Waals surface area contributed by atoms with Crippen molar-refractivity contribution < 1.29 is 0 Å². The Kier molecular flexibility index (Phi) is 8.42. The van der Waals surface area contributed by atoms with Crippen molar-refractivity contribution in [3.63, 3.8) is 0 Å². The molecule has 1 fully saturated rings. The Morgan fingerprint density at radius 2 is 2.17 bits per heavy atom. The molecule has 136 valence electrons. The van der Waals surface area contributed by atoms with Gasteiger partial charge < -0.3 is 15.2 Å². The second kappa shape index (κ2) is 10.6. The molecule has 7 heteroatoms. The van der Waals surface area contributed by atoms with Gasteiger partial charge >= 0.3 is 0 Å². The summed E-state index contributed by atoms with van der Waals surface area (Å²) in [6.07, 6.45) is 9.96. The molecule has 0 amide bonds. The van der Waals surface area contributed by atoms with Crippen LogP contribution in [0.4, 0.5) is 0 Å². The molecule has 0 unspecified atom stereocenters. The lowest BCUT2D eigenvalue weighted by molar-refractivity contribution is 0.329. The van der Waals surface area contributed by atoms with Crippen molar-refractivity contribution in [3.05, 3.63) is 12.2 Å². The number of hydrogen-bond donors (Lipinski definition) is 2. The number of aromatic nitrogens is 3. The number of nitrogens with one attached hydrogen (secondary N) is 2. The average molecular weight is 353 g/mol. The van der Waals surface area contributed by atoms with Gasteiger partial charge in [-0.25, -0.2) is 0 Å². The van der Waals surface area contributed by atoms with E-state index in [-0.39, 0.29) is 0 Å². The van der Waals surface area contributed by atoms with E-state index in [1.807, 2.05) is 11.8 Å². The van der Waals surface area contributed by atoms with Crippen LogP contribution in [-0.2, 0) is 13.0 Å². The molecule has 0 radical (unpaired) electrons. The summed E-state index contributed by atoms with van der Waals surface area (Å²) < 4.78 is 2.11. The minimum Gasteiger partial charge on any atom is -0.355 e. The molecular weight excluding hydrogens is 320 g/mol. The molecule has 1 aromatic rings. The van der Waals surface area contributed by atoms with Crippen molar-refractivity contribution in [2.45, 2.75) is 58.5 Å². The molecule has 1 aliphatic rings. The van der Waals surface area contributed by atoms with E-state index in [9.17, 15) is 0 Å². The van der Waals surface area contributed by atoms with Crippen LogP contribution in [0, 0.1) is 5.92 Å². The number of hydrogen-bond acceptors (Lipinski definition) is 4. The zero-order chi connectivity index (χ0) is 17.2. The van der Waals surface area contributed by atoms with Gasteiger partial charge in [-0.05, 0) is 37.9 Å². The molecule has 1 aliphatic carbocycles. The molecule has 2 N–H and O–H groups in total. The van der Waals surface area contributed by atoms with Gasteiger partial charge in [0.05, 0.1) is 6.54 Å². The van der Waals surface area contributed by atoms with E-state index in [4.69, 9.17) is 4.99 Å². The first-order valence-corrected chi connectivity index (χ1v) is 10.5. The van der Waals surface area contributed by atoms with Crippen molar-refractivity contribution in [2.75, 3.05) is 25.1 Å². The van der Waals surface area contributed by atoms with Crippen molar-refractivity contribution in [3.8, 4) is 0 Å². The maximum absolute atomic E-state index is 4.72. The predicted molar refractivity (Wildman–Crippen MR) is 103 cm³/mol. The highest BCUT2D eigenvalue weighted by Gasteiger charge is 2.18. The minimum atomic E-state index is 0.558. The second-order valence-corrected chi connectivity index (χ2v) is 7.53. The van der Waals surface area contributed by atoms with Crippen LogP contribution in [0.1, 0.15) is 45.4 Å². The van der Waals surface area contributed by atoms with E-state index in [0.29, 0.717) is 6.04 Å². The smallest absolute Gasteiger partial charge is 0.191 e. The van der Waals surface area contributed by atoms with E-state index in [2.05, 4.69) is 45.5 Å². The number of thioether (sulfide) groups is 1. The van der Waals surface area contributed by atoms with Crippen LogP contribution in [0.2, 0.25) is 0 Å². The molecule has 1 saturated carbocycles. The molecule has 6 nitrogen and oxygen atoms in total. The SMILES string of the molecule is CCc1nncn1CCNC(=NCCSC)NC1CCC(C)CC1. The number of nitrogens with zero attached hydrogens (tertiary/aromatic N) is 4. The molecule has 1 aromatic heterocycles. The molecule has 0 spiro atoms. The van der Waals surface area contributed by atoms with Gasteiger partial charge in [-0.2, -0.15) is 11.8 Å². The van der Waals surface area contributed by atoms with E-state index in [1.165, 1.54) is 25.7 Å². The zero-order valence-corrected chi connectivity index (χ0v) is 16.1. The van der Waals surface area contributed by atoms with Gasteiger partial charge in [-0.15, -0.1) is 10.2 Å². The molecule has 2 rings (SSSR count). The zero-order valence-electron chi connectivity index (χ0n) is 15.3. The maximum atomic E-state index is 4.72. The van der Waals surface area contributed by atoms with E-state index in [0.717, 1.165) is 49.5 Å². The monoisotopic (exact) mass is 352 g/mol. The summed E-state index contributed by atoms with van der Waals surface area (Å²) >= 11 is 1.83. The van der Waals surface area contributed by atoms with E-state index >= 15 is 0 Å². The lowest BCUT2D eigenvalue weighted by Crippen LogP contribution is -2.45. The lowest BCUT2D eigenvalue weighted by Gasteiger charge is -2.28. The van der Waals surface area contributed by atoms with Crippen molar-refractivity contribution >= 4 is 17.7 Å². The molecule has 0 aliphatic heterocycles. The molecule has 0 aromatic carbocycles. The fourth-order valence-corrected chi connectivity index (χ4v) is 3.31. The highest BCUT2D eigenvalue weighted by molar-refractivity contribution is 7.98. The summed E-state index contributed by atoms with van der Waals surface area (Å²) in [5.74, 6) is 3.91. The van der Waals surface area contributed by atoms with Crippen LogP contribution in [-0.4, -0.2) is 51.9 Å². The highest BCUT2D eigenvalue weighted by Crippen LogP contribution is 2.23. The number of aryl methyl sites for hydroxylation is 1. The Balaban J connectivity index is 1.82. The van der Waals surface area contributed by atoms with Gasteiger partial charge in [0.1, 0.15) is 12.2 Å². The highest BCUT2D eigenvalue weighted by atomic mass is 32.2. The average Bonchev–Trinajstić information content (AvgIpc) is 3.04. The van der Waals surface area contributed by atoms with Crippen molar-refractivity contribution in [1.82, 2.24) is 25.4 Å². The van der Waals surface area contributed by atoms with Crippen LogP contribution >= 0.6 is 11.8 Å². The van der Waals surface area contributed by atoms with Crippen LogP contribution in [0.3, 0.4) is 0 Å². The minimum absolute atomic E-state index is 0.558. The standard InChI is InChI=1S/C17H32N6S/c1-4-16-22-20-13-23(16)11-9-18-17(19-10-12-24-3)21-15-7-5-14(2)6-8-15/h13-15H,4-12H2,1-3H3,(H2,18,19,21). The van der Waals surface area contributed by atoms with Crippen LogP contribution in [0.5, 0.6) is 0 Å². The van der Waals surface area contributed by atoms with Gasteiger partial charge in [0.25, 0.3) is 0 Å². The Bertz CT molecular complexity index is 493. The van der Waals surface area contributed by atoms with Gasteiger partial charge in [0.15, 0.2) is 5.96 Å². The van der Waals surface area contributed by atoms with E-state index in [1.54, 1.807) is 6.33 Å². The van der Waals surface area contributed by atoms with Gasteiger partial charge in [0, 0.05) is 31.3 Å². The van der Waals surface area contributed by atoms with Crippen LogP contribution in [0.15, 0.2) is 11.3 Å². The lowest BCUT2D eigenvalue weighted by atomic mass is 9.87. The number of rotatable bonds is 8. The van der Waals surface area contributed by atoms with Crippen LogP contribution < -0.4 is 10.6 Å². The quantitative estimate of drug-likeness (QED) is 0.427. The Labute approximate surface area is 150 Å². The summed E-state index contributed by atoms with van der Waals surface area (Å²) in [6, 6.07) is 0.558. The molecule has 0 saturated heterocycles. The third kappa shape index (κ3) is 6.34. The van der Waals surface area contributed by atoms with Gasteiger partial charge in [-0.1, -0.05) is 13.8 Å². The van der Waals surface area contributed by atoms with Gasteiger partial charge in [0.2, 0.25) is 0 Å². The summed E-state index contributed by atoms with van der Waals surface area (Å²) in [5.41, 5.74) is 0. The summed E-state index contributed by atoms with van der Waals surface area (Å²) in [4.78, 5) is 4.72. The first-order valence-electron chi connectivity index (χ1n) is 9.13. The molecule has 0 atom stereocenters. The first kappa shape index (κ1) is 19.1. The Morgan fingerprint density at radius 1 is 1.38 bits per heavy atom. The summed E-state index contributed by atoms with van der Waals surface area (Å²) in [7, 11) is 0. The van der Waals surface area contributed by atoms with Crippen LogP contribution in [0.25, 0.3) is 0 Å².